The highest BCUT2D eigenvalue weighted by Crippen LogP contribution is 2.20. The molecule has 0 radical (unpaired) electrons. The van der Waals surface area contributed by atoms with E-state index in [2.05, 4.69) is 26.2 Å². The molecule has 1 amide bonds. The fourth-order valence-corrected chi connectivity index (χ4v) is 1.97. The molecule has 1 aromatic heterocycles. The molecule has 2 aromatic rings. The highest BCUT2D eigenvalue weighted by Gasteiger charge is 2.16. The third kappa shape index (κ3) is 4.49. The number of nitrogens with zero attached hydrogens (tertiary/aromatic N) is 1. The van der Waals surface area contributed by atoms with Gasteiger partial charge in [0.2, 0.25) is 5.88 Å². The van der Waals surface area contributed by atoms with Gasteiger partial charge in [-0.3, -0.25) is 4.79 Å². The number of nitrogens with one attached hydrogen (secondary N) is 1. The van der Waals surface area contributed by atoms with Crippen molar-refractivity contribution in [1.29, 1.82) is 0 Å². The van der Waals surface area contributed by atoms with E-state index in [1.54, 1.807) is 37.3 Å². The molecule has 22 heavy (non-hydrogen) atoms. The quantitative estimate of drug-likeness (QED) is 0.863. The first-order valence-electron chi connectivity index (χ1n) is 6.40. The molecule has 0 spiro atoms. The topological polar surface area (TPSA) is 51.2 Å². The van der Waals surface area contributed by atoms with E-state index < -0.39 is 18.9 Å². The maximum atomic E-state index is 12.3. The molecular formula is C15H13BrF2N2O2. The molecule has 0 aliphatic rings. The molecule has 0 bridgehead atoms. The van der Waals surface area contributed by atoms with Crippen LogP contribution in [0, 0.1) is 6.92 Å². The minimum absolute atomic E-state index is 0.111. The number of hydrogen-bond donors (Lipinski definition) is 1. The Labute approximate surface area is 134 Å². The molecule has 1 heterocycles. The number of halogens is 3. The van der Waals surface area contributed by atoms with Crippen molar-refractivity contribution < 1.29 is 18.3 Å². The van der Waals surface area contributed by atoms with E-state index in [-0.39, 0.29) is 11.4 Å². The smallest absolute Gasteiger partial charge is 0.272 e. The normalized spacial score (nSPS) is 10.6. The van der Waals surface area contributed by atoms with E-state index in [1.165, 1.54) is 6.20 Å². The van der Waals surface area contributed by atoms with Crippen molar-refractivity contribution in [3.05, 3.63) is 52.1 Å². The zero-order valence-corrected chi connectivity index (χ0v) is 13.2. The van der Waals surface area contributed by atoms with Crippen molar-refractivity contribution in [2.75, 3.05) is 11.9 Å². The number of alkyl halides is 2. The van der Waals surface area contributed by atoms with Crippen LogP contribution < -0.4 is 10.1 Å². The van der Waals surface area contributed by atoms with Crippen LogP contribution >= 0.6 is 15.9 Å². The first kappa shape index (κ1) is 16.4. The van der Waals surface area contributed by atoms with Gasteiger partial charge in [0.05, 0.1) is 0 Å². The molecule has 0 unspecified atom stereocenters. The summed E-state index contributed by atoms with van der Waals surface area (Å²) in [7, 11) is 0. The van der Waals surface area contributed by atoms with Crippen LogP contribution in [0.4, 0.5) is 14.5 Å². The van der Waals surface area contributed by atoms with Gasteiger partial charge in [0.15, 0.2) is 6.61 Å². The fraction of sp³-hybridized carbons (Fsp3) is 0.200. The monoisotopic (exact) mass is 370 g/mol. The van der Waals surface area contributed by atoms with Gasteiger partial charge in [0, 0.05) is 16.4 Å². The second-order valence-electron chi connectivity index (χ2n) is 4.53. The predicted molar refractivity (Wildman–Crippen MR) is 82.6 cm³/mol. The number of anilines is 1. The molecule has 0 aliphatic heterocycles. The van der Waals surface area contributed by atoms with Gasteiger partial charge in [-0.15, -0.1) is 0 Å². The Bertz CT molecular complexity index is 663. The summed E-state index contributed by atoms with van der Waals surface area (Å²) in [4.78, 5) is 16.2. The van der Waals surface area contributed by atoms with E-state index >= 15 is 0 Å². The number of aromatic nitrogens is 1. The molecule has 0 saturated carbocycles. The van der Waals surface area contributed by atoms with Crippen LogP contribution in [0.15, 0.2) is 41.0 Å². The van der Waals surface area contributed by atoms with Gasteiger partial charge in [0.1, 0.15) is 5.56 Å². The lowest BCUT2D eigenvalue weighted by molar-refractivity contribution is 0.0780. The summed E-state index contributed by atoms with van der Waals surface area (Å²) in [5, 5.41) is 2.67. The lowest BCUT2D eigenvalue weighted by Crippen LogP contribution is -2.16. The van der Waals surface area contributed by atoms with Crippen molar-refractivity contribution in [3.63, 3.8) is 0 Å². The van der Waals surface area contributed by atoms with Crippen molar-refractivity contribution >= 4 is 27.5 Å². The molecule has 116 valence electrons. The van der Waals surface area contributed by atoms with Gasteiger partial charge in [-0.2, -0.15) is 0 Å². The van der Waals surface area contributed by atoms with Crippen molar-refractivity contribution in [1.82, 2.24) is 4.98 Å². The average molecular weight is 371 g/mol. The molecule has 2 rings (SSSR count). The van der Waals surface area contributed by atoms with Crippen LogP contribution in [0.5, 0.6) is 5.88 Å². The summed E-state index contributed by atoms with van der Waals surface area (Å²) in [5.41, 5.74) is 1.42. The van der Waals surface area contributed by atoms with E-state index in [0.717, 1.165) is 10.0 Å². The Morgan fingerprint density at radius 3 is 2.68 bits per heavy atom. The van der Waals surface area contributed by atoms with Crippen molar-refractivity contribution in [2.24, 2.45) is 0 Å². The number of benzene rings is 1. The molecule has 4 nitrogen and oxygen atoms in total. The summed E-state index contributed by atoms with van der Waals surface area (Å²) < 4.78 is 30.3. The molecule has 7 heteroatoms. The average Bonchev–Trinajstić information content (AvgIpc) is 2.48. The number of amides is 1. The van der Waals surface area contributed by atoms with Gasteiger partial charge in [-0.1, -0.05) is 15.9 Å². The lowest BCUT2D eigenvalue weighted by Gasteiger charge is -2.11. The van der Waals surface area contributed by atoms with Crippen LogP contribution in [-0.4, -0.2) is 23.9 Å². The van der Waals surface area contributed by atoms with Gasteiger partial charge < -0.3 is 10.1 Å². The minimum Gasteiger partial charge on any atom is -0.471 e. The molecule has 0 aliphatic carbocycles. The largest absolute Gasteiger partial charge is 0.471 e. The second-order valence-corrected chi connectivity index (χ2v) is 5.44. The van der Waals surface area contributed by atoms with Gasteiger partial charge >= 0.3 is 0 Å². The number of carbonyl (C=O) groups excluding carboxylic acids is 1. The summed E-state index contributed by atoms with van der Waals surface area (Å²) in [6.07, 6.45) is -1.18. The highest BCUT2D eigenvalue weighted by atomic mass is 79.9. The molecule has 0 fully saturated rings. The fourth-order valence-electron chi connectivity index (χ4n) is 1.71. The third-order valence-corrected chi connectivity index (χ3v) is 3.21. The number of hydrogen-bond acceptors (Lipinski definition) is 3. The van der Waals surface area contributed by atoms with Crippen LogP contribution in [0.3, 0.4) is 0 Å². The summed E-state index contributed by atoms with van der Waals surface area (Å²) >= 11 is 3.30. The number of carbonyl (C=O) groups is 1. The number of ether oxygens (including phenoxy) is 1. The summed E-state index contributed by atoms with van der Waals surface area (Å²) in [5.74, 6) is -0.580. The molecule has 1 aromatic carbocycles. The third-order valence-electron chi connectivity index (χ3n) is 2.68. The Morgan fingerprint density at radius 1 is 1.36 bits per heavy atom. The van der Waals surface area contributed by atoms with E-state index in [1.807, 2.05) is 0 Å². The Balaban J connectivity index is 2.20. The number of aryl methyl sites for hydroxylation is 1. The van der Waals surface area contributed by atoms with E-state index in [0.29, 0.717) is 5.69 Å². The zero-order valence-electron chi connectivity index (χ0n) is 11.6. The van der Waals surface area contributed by atoms with Crippen LogP contribution in [0.2, 0.25) is 0 Å². The standard InChI is InChI=1S/C15H13BrF2N2O2/c1-9-6-12(15(19-7-9)22-8-13(17)18)14(21)20-11-4-2-10(16)3-5-11/h2-7,13H,8H2,1H3,(H,20,21). The minimum atomic E-state index is -2.63. The van der Waals surface area contributed by atoms with E-state index in [9.17, 15) is 13.6 Å². The van der Waals surface area contributed by atoms with Gasteiger partial charge in [-0.25, -0.2) is 13.8 Å². The summed E-state index contributed by atoms with van der Waals surface area (Å²) in [6, 6.07) is 8.52. The number of pyridine rings is 1. The maximum Gasteiger partial charge on any atom is 0.272 e. The SMILES string of the molecule is Cc1cnc(OCC(F)F)c(C(=O)Nc2ccc(Br)cc2)c1. The summed E-state index contributed by atoms with van der Waals surface area (Å²) in [6.45, 7) is 0.939. The predicted octanol–water partition coefficient (Wildman–Crippen LogP) is 4.05. The highest BCUT2D eigenvalue weighted by molar-refractivity contribution is 9.10. The molecule has 0 saturated heterocycles. The maximum absolute atomic E-state index is 12.3. The molecule has 0 atom stereocenters. The van der Waals surface area contributed by atoms with Gasteiger partial charge in [-0.05, 0) is 42.8 Å². The van der Waals surface area contributed by atoms with Crippen LogP contribution in [-0.2, 0) is 0 Å². The van der Waals surface area contributed by atoms with Crippen molar-refractivity contribution in [3.8, 4) is 5.88 Å². The lowest BCUT2D eigenvalue weighted by atomic mass is 10.2. The Morgan fingerprint density at radius 2 is 2.05 bits per heavy atom. The molecule has 1 N–H and O–H groups in total. The first-order chi connectivity index (χ1) is 10.5. The Hall–Kier alpha value is -2.02. The molecular weight excluding hydrogens is 358 g/mol. The van der Waals surface area contributed by atoms with Crippen LogP contribution in [0.25, 0.3) is 0 Å². The number of rotatable bonds is 5. The second kappa shape index (κ2) is 7.31. The first-order valence-corrected chi connectivity index (χ1v) is 7.19. The van der Waals surface area contributed by atoms with Crippen molar-refractivity contribution in [2.45, 2.75) is 13.3 Å². The zero-order chi connectivity index (χ0) is 16.1. The van der Waals surface area contributed by atoms with E-state index in [4.69, 9.17) is 4.74 Å². The Kier molecular flexibility index (Phi) is 5.43. The van der Waals surface area contributed by atoms with Crippen LogP contribution in [0.1, 0.15) is 15.9 Å². The van der Waals surface area contributed by atoms with Gasteiger partial charge in [0.25, 0.3) is 12.3 Å².